The Balaban J connectivity index is 3.33. The Hall–Kier alpha value is -0.870. The van der Waals surface area contributed by atoms with Crippen molar-refractivity contribution in [1.29, 1.82) is 0 Å². The molecule has 1 aromatic carbocycles. The molecule has 0 spiro atoms. The molecule has 1 aromatic rings. The Morgan fingerprint density at radius 1 is 1.50 bits per heavy atom. The van der Waals surface area contributed by atoms with Crippen molar-refractivity contribution >= 4 is 44.4 Å². The summed E-state index contributed by atoms with van der Waals surface area (Å²) in [5.41, 5.74) is 1.86. The van der Waals surface area contributed by atoms with Crippen molar-refractivity contribution in [3.63, 3.8) is 0 Å². The highest BCUT2D eigenvalue weighted by Crippen LogP contribution is 2.31. The summed E-state index contributed by atoms with van der Waals surface area (Å²) < 4.78 is 5.63. The lowest BCUT2D eigenvalue weighted by Crippen LogP contribution is -2.03. The number of rotatable bonds is 4. The van der Waals surface area contributed by atoms with Gasteiger partial charge in [0.2, 0.25) is 0 Å². The number of ether oxygens (including phenoxy) is 1. The van der Waals surface area contributed by atoms with Gasteiger partial charge >= 0.3 is 5.97 Å². The number of benzene rings is 1. The van der Waals surface area contributed by atoms with Gasteiger partial charge in [-0.2, -0.15) is 0 Å². The summed E-state index contributed by atoms with van der Waals surface area (Å²) in [5.74, 6) is -0.412. The van der Waals surface area contributed by atoms with E-state index in [-0.39, 0.29) is 0 Å². The summed E-state index contributed by atoms with van der Waals surface area (Å²) in [7, 11) is 1.35. The number of aliphatic imine (C=N–C) groups is 1. The van der Waals surface area contributed by atoms with Gasteiger partial charge in [0.1, 0.15) is 5.17 Å². The fourth-order valence-corrected chi connectivity index (χ4v) is 2.07. The second kappa shape index (κ2) is 6.90. The van der Waals surface area contributed by atoms with Crippen LogP contribution in [0.4, 0.5) is 5.69 Å². The summed E-state index contributed by atoms with van der Waals surface area (Å²) in [6.07, 6.45) is 1.59. The van der Waals surface area contributed by atoms with E-state index in [1.165, 1.54) is 7.11 Å². The lowest BCUT2D eigenvalue weighted by Gasteiger charge is -2.09. The van der Waals surface area contributed by atoms with Crippen LogP contribution in [0, 0.1) is 6.92 Å². The van der Waals surface area contributed by atoms with Crippen molar-refractivity contribution in [2.45, 2.75) is 26.7 Å². The number of carbonyl (C=O) groups is 1. The van der Waals surface area contributed by atoms with Gasteiger partial charge in [0.15, 0.2) is 0 Å². The number of halogens is 2. The predicted molar refractivity (Wildman–Crippen MR) is 78.1 cm³/mol. The fourth-order valence-electron chi connectivity index (χ4n) is 1.48. The van der Waals surface area contributed by atoms with Crippen LogP contribution in [0.2, 0.25) is 0 Å². The Kier molecular flexibility index (Phi) is 5.82. The molecule has 0 N–H and O–H groups in total. The third-order valence-electron chi connectivity index (χ3n) is 2.46. The van der Waals surface area contributed by atoms with Crippen LogP contribution in [0.1, 0.15) is 35.7 Å². The normalized spacial score (nSPS) is 11.5. The van der Waals surface area contributed by atoms with Gasteiger partial charge < -0.3 is 4.74 Å². The molecule has 0 atom stereocenters. The van der Waals surface area contributed by atoms with Gasteiger partial charge in [-0.25, -0.2) is 9.79 Å². The first-order valence-electron chi connectivity index (χ1n) is 5.61. The average Bonchev–Trinajstić information content (AvgIpc) is 2.34. The van der Waals surface area contributed by atoms with Gasteiger partial charge in [-0.1, -0.05) is 34.5 Å². The van der Waals surface area contributed by atoms with Crippen LogP contribution in [-0.4, -0.2) is 18.2 Å². The van der Waals surface area contributed by atoms with Crippen LogP contribution < -0.4 is 0 Å². The van der Waals surface area contributed by atoms with Gasteiger partial charge in [0.25, 0.3) is 0 Å². The minimum atomic E-state index is -0.412. The van der Waals surface area contributed by atoms with Crippen LogP contribution in [0.25, 0.3) is 0 Å². The molecule has 0 heterocycles. The first kappa shape index (κ1) is 15.2. The highest BCUT2D eigenvalue weighted by molar-refractivity contribution is 9.10. The summed E-state index contributed by atoms with van der Waals surface area (Å²) in [4.78, 5) is 16.0. The molecule has 0 aliphatic heterocycles. The first-order valence-corrected chi connectivity index (χ1v) is 6.78. The molecule has 0 saturated carbocycles. The molecule has 98 valence electrons. The first-order chi connectivity index (χ1) is 8.51. The monoisotopic (exact) mass is 331 g/mol. The molecular formula is C13H15BrClNO2. The highest BCUT2D eigenvalue weighted by atomic mass is 79.9. The van der Waals surface area contributed by atoms with E-state index in [9.17, 15) is 4.79 Å². The van der Waals surface area contributed by atoms with Gasteiger partial charge in [-0.05, 0) is 31.0 Å². The lowest BCUT2D eigenvalue weighted by molar-refractivity contribution is 0.0601. The summed E-state index contributed by atoms with van der Waals surface area (Å²) >= 11 is 9.46. The Bertz CT molecular complexity index is 486. The summed E-state index contributed by atoms with van der Waals surface area (Å²) in [6.45, 7) is 3.90. The van der Waals surface area contributed by atoms with Crippen molar-refractivity contribution < 1.29 is 9.53 Å². The largest absolute Gasteiger partial charge is 0.465 e. The van der Waals surface area contributed by atoms with Gasteiger partial charge in [-0.3, -0.25) is 0 Å². The number of esters is 1. The highest BCUT2D eigenvalue weighted by Gasteiger charge is 2.15. The van der Waals surface area contributed by atoms with Gasteiger partial charge in [-0.15, -0.1) is 0 Å². The maximum Gasteiger partial charge on any atom is 0.340 e. The second-order valence-corrected chi connectivity index (χ2v) is 5.09. The molecule has 0 bridgehead atoms. The molecule has 0 fully saturated rings. The Morgan fingerprint density at radius 3 is 2.72 bits per heavy atom. The van der Waals surface area contributed by atoms with Gasteiger partial charge in [0.05, 0.1) is 18.4 Å². The van der Waals surface area contributed by atoms with E-state index in [0.717, 1.165) is 16.5 Å². The molecule has 0 aliphatic carbocycles. The minimum Gasteiger partial charge on any atom is -0.465 e. The quantitative estimate of drug-likeness (QED) is 0.596. The van der Waals surface area contributed by atoms with E-state index < -0.39 is 5.97 Å². The van der Waals surface area contributed by atoms with Crippen molar-refractivity contribution in [1.82, 2.24) is 0 Å². The lowest BCUT2D eigenvalue weighted by atomic mass is 10.1. The molecule has 18 heavy (non-hydrogen) atoms. The molecule has 0 amide bonds. The van der Waals surface area contributed by atoms with Crippen molar-refractivity contribution in [3.05, 3.63) is 27.7 Å². The zero-order valence-corrected chi connectivity index (χ0v) is 12.9. The van der Waals surface area contributed by atoms with E-state index in [1.54, 1.807) is 12.1 Å². The molecule has 0 aliphatic rings. The summed E-state index contributed by atoms with van der Waals surface area (Å²) in [5, 5.41) is 0.490. The molecule has 3 nitrogen and oxygen atoms in total. The van der Waals surface area contributed by atoms with Crippen LogP contribution in [0.15, 0.2) is 21.6 Å². The zero-order chi connectivity index (χ0) is 13.7. The van der Waals surface area contributed by atoms with Crippen LogP contribution in [0.3, 0.4) is 0 Å². The van der Waals surface area contributed by atoms with Crippen LogP contribution in [0.5, 0.6) is 0 Å². The zero-order valence-electron chi connectivity index (χ0n) is 10.6. The van der Waals surface area contributed by atoms with E-state index in [0.29, 0.717) is 22.8 Å². The topological polar surface area (TPSA) is 38.7 Å². The van der Waals surface area contributed by atoms with E-state index in [2.05, 4.69) is 20.9 Å². The number of methoxy groups -OCH3 is 1. The molecule has 0 aromatic heterocycles. The number of hydrogen-bond donors (Lipinski definition) is 0. The Labute approximate surface area is 120 Å². The van der Waals surface area contributed by atoms with E-state index in [4.69, 9.17) is 16.3 Å². The number of hydrogen-bond acceptors (Lipinski definition) is 3. The molecule has 0 saturated heterocycles. The third kappa shape index (κ3) is 3.56. The van der Waals surface area contributed by atoms with Gasteiger partial charge in [0, 0.05) is 10.9 Å². The average molecular weight is 333 g/mol. The third-order valence-corrected chi connectivity index (χ3v) is 3.59. The number of nitrogens with zero attached hydrogens (tertiary/aromatic N) is 1. The maximum absolute atomic E-state index is 11.7. The Morgan fingerprint density at radius 2 is 2.17 bits per heavy atom. The van der Waals surface area contributed by atoms with E-state index in [1.807, 2.05) is 13.8 Å². The van der Waals surface area contributed by atoms with Crippen molar-refractivity contribution in [2.24, 2.45) is 4.99 Å². The SMILES string of the molecule is CCCC(Cl)=Nc1c(C(=O)OC)ccc(Br)c1C. The maximum atomic E-state index is 11.7. The predicted octanol–water partition coefficient (Wildman–Crippen LogP) is 4.61. The van der Waals surface area contributed by atoms with Crippen LogP contribution >= 0.6 is 27.5 Å². The van der Waals surface area contributed by atoms with Crippen molar-refractivity contribution in [2.75, 3.05) is 7.11 Å². The smallest absolute Gasteiger partial charge is 0.340 e. The standard InChI is InChI=1S/C13H15BrClNO2/c1-4-5-11(15)16-12-8(2)10(14)7-6-9(12)13(17)18-3/h6-7H,4-5H2,1-3H3. The molecule has 1 rings (SSSR count). The summed E-state index contributed by atoms with van der Waals surface area (Å²) in [6, 6.07) is 3.48. The van der Waals surface area contributed by atoms with E-state index >= 15 is 0 Å². The number of carbonyl (C=O) groups excluding carboxylic acids is 1. The van der Waals surface area contributed by atoms with Crippen LogP contribution in [-0.2, 0) is 4.74 Å². The minimum absolute atomic E-state index is 0.412. The molecular weight excluding hydrogens is 318 g/mol. The molecule has 0 unspecified atom stereocenters. The molecule has 5 heteroatoms. The second-order valence-electron chi connectivity index (χ2n) is 3.80. The van der Waals surface area contributed by atoms with Crippen molar-refractivity contribution in [3.8, 4) is 0 Å². The molecule has 0 radical (unpaired) electrons. The fraction of sp³-hybridized carbons (Fsp3) is 0.385.